The van der Waals surface area contributed by atoms with Crippen molar-refractivity contribution in [3.05, 3.63) is 35.9 Å². The van der Waals surface area contributed by atoms with Crippen LogP contribution in [0.2, 0.25) is 0 Å². The number of hydrogen-bond acceptors (Lipinski definition) is 5. The Bertz CT molecular complexity index is 876. The highest BCUT2D eigenvalue weighted by molar-refractivity contribution is 5.88. The van der Waals surface area contributed by atoms with Crippen molar-refractivity contribution >= 4 is 23.2 Å². The van der Waals surface area contributed by atoms with Gasteiger partial charge in [0, 0.05) is 49.8 Å². The Morgan fingerprint density at radius 2 is 2.12 bits per heavy atom. The Morgan fingerprint density at radius 3 is 2.73 bits per heavy atom. The van der Waals surface area contributed by atoms with E-state index in [4.69, 9.17) is 0 Å². The highest BCUT2D eigenvalue weighted by Crippen LogP contribution is 2.54. The second kappa shape index (κ2) is 5.69. The van der Waals surface area contributed by atoms with Gasteiger partial charge in [0.15, 0.2) is 0 Å². The summed E-state index contributed by atoms with van der Waals surface area (Å²) in [5, 5.41) is 2.68. The van der Waals surface area contributed by atoms with Gasteiger partial charge in [0.25, 0.3) is 0 Å². The molecule has 136 valence electrons. The van der Waals surface area contributed by atoms with Crippen molar-refractivity contribution in [3.63, 3.8) is 0 Å². The van der Waals surface area contributed by atoms with Gasteiger partial charge in [-0.3, -0.25) is 4.79 Å². The van der Waals surface area contributed by atoms with E-state index in [2.05, 4.69) is 20.3 Å². The number of pyridine rings is 1. The van der Waals surface area contributed by atoms with Crippen LogP contribution in [0.25, 0.3) is 0 Å². The summed E-state index contributed by atoms with van der Waals surface area (Å²) in [6.07, 6.45) is 6.33. The zero-order valence-electron chi connectivity index (χ0n) is 14.6. The number of halogens is 2. The van der Waals surface area contributed by atoms with Gasteiger partial charge < -0.3 is 10.2 Å². The van der Waals surface area contributed by atoms with E-state index in [1.807, 2.05) is 4.90 Å². The van der Waals surface area contributed by atoms with Gasteiger partial charge in [0.05, 0.1) is 5.69 Å². The largest absolute Gasteiger partial charge is 0.325 e. The first kappa shape index (κ1) is 16.8. The molecule has 1 aliphatic heterocycles. The molecule has 6 nitrogen and oxygen atoms in total. The maximum Gasteiger partial charge on any atom is 0.303 e. The van der Waals surface area contributed by atoms with E-state index >= 15 is 0 Å². The maximum atomic E-state index is 13.7. The first-order valence-corrected chi connectivity index (χ1v) is 8.56. The van der Waals surface area contributed by atoms with Crippen molar-refractivity contribution in [2.45, 2.75) is 44.4 Å². The fourth-order valence-electron chi connectivity index (χ4n) is 3.74. The zero-order valence-corrected chi connectivity index (χ0v) is 14.6. The lowest BCUT2D eigenvalue weighted by molar-refractivity contribution is -0.114. The average molecular weight is 359 g/mol. The fourth-order valence-corrected chi connectivity index (χ4v) is 3.74. The number of rotatable bonds is 3. The summed E-state index contributed by atoms with van der Waals surface area (Å²) in [6, 6.07) is 3.42. The summed E-state index contributed by atoms with van der Waals surface area (Å²) in [7, 11) is 0. The van der Waals surface area contributed by atoms with Crippen LogP contribution in [0.3, 0.4) is 0 Å². The molecule has 0 radical (unpaired) electrons. The number of alkyl halides is 2. The summed E-state index contributed by atoms with van der Waals surface area (Å²) in [5.74, 6) is -2.95. The van der Waals surface area contributed by atoms with Crippen LogP contribution in [0.4, 0.5) is 26.1 Å². The minimum Gasteiger partial charge on any atom is -0.325 e. The average Bonchev–Trinajstić information content (AvgIpc) is 2.88. The Kier molecular flexibility index (Phi) is 3.68. The van der Waals surface area contributed by atoms with Crippen LogP contribution >= 0.6 is 0 Å². The minimum atomic E-state index is -3.10. The molecule has 2 aromatic heterocycles. The van der Waals surface area contributed by atoms with E-state index in [9.17, 15) is 13.6 Å². The van der Waals surface area contributed by atoms with Crippen LogP contribution in [0.5, 0.6) is 0 Å². The number of fused-ring (bicyclic) bond motifs is 2. The molecule has 1 fully saturated rings. The molecule has 4 rings (SSSR count). The number of carbonyl (C=O) groups excluding carboxylic acids is 1. The third kappa shape index (κ3) is 2.69. The van der Waals surface area contributed by atoms with Crippen molar-refractivity contribution < 1.29 is 13.6 Å². The molecule has 0 unspecified atom stereocenters. The van der Waals surface area contributed by atoms with Gasteiger partial charge >= 0.3 is 5.92 Å². The van der Waals surface area contributed by atoms with Crippen LogP contribution in [0, 0.1) is 0 Å². The topological polar surface area (TPSA) is 71.0 Å². The minimum absolute atomic E-state index is 0.0169. The molecule has 0 atom stereocenters. The van der Waals surface area contributed by atoms with Gasteiger partial charge in [-0.05, 0) is 18.9 Å². The molecule has 1 N–H and O–H groups in total. The molecule has 3 heterocycles. The van der Waals surface area contributed by atoms with Crippen LogP contribution in [0.1, 0.15) is 44.5 Å². The highest BCUT2D eigenvalue weighted by Gasteiger charge is 2.48. The van der Waals surface area contributed by atoms with E-state index in [-0.39, 0.29) is 11.3 Å². The van der Waals surface area contributed by atoms with E-state index in [1.54, 1.807) is 18.3 Å². The first-order valence-electron chi connectivity index (χ1n) is 8.56. The Balaban J connectivity index is 1.78. The summed E-state index contributed by atoms with van der Waals surface area (Å²) in [6.45, 7) is 2.87. The SMILES string of the molecule is CC(=O)Nc1cc2c(cn1)C1(CCC1)CN2c1ccnc(C(C)(F)F)n1. The second-order valence-corrected chi connectivity index (χ2v) is 7.11. The normalized spacial score (nSPS) is 17.8. The Morgan fingerprint density at radius 1 is 1.35 bits per heavy atom. The smallest absolute Gasteiger partial charge is 0.303 e. The number of amides is 1. The molecule has 2 aromatic rings. The lowest BCUT2D eigenvalue weighted by Crippen LogP contribution is -2.38. The van der Waals surface area contributed by atoms with Crippen molar-refractivity contribution in [3.8, 4) is 0 Å². The summed E-state index contributed by atoms with van der Waals surface area (Å²) in [5.41, 5.74) is 1.92. The maximum absolute atomic E-state index is 13.7. The molecule has 26 heavy (non-hydrogen) atoms. The van der Waals surface area contributed by atoms with E-state index in [0.29, 0.717) is 18.2 Å². The second-order valence-electron chi connectivity index (χ2n) is 7.11. The number of carbonyl (C=O) groups is 1. The predicted octanol–water partition coefficient (Wildman–Crippen LogP) is 3.52. The molecular weight excluding hydrogens is 340 g/mol. The predicted molar refractivity (Wildman–Crippen MR) is 92.7 cm³/mol. The zero-order chi connectivity index (χ0) is 18.5. The van der Waals surface area contributed by atoms with Gasteiger partial charge in [-0.2, -0.15) is 8.78 Å². The summed E-state index contributed by atoms with van der Waals surface area (Å²) in [4.78, 5) is 25.4. The number of nitrogens with zero attached hydrogens (tertiary/aromatic N) is 4. The van der Waals surface area contributed by atoms with E-state index in [1.165, 1.54) is 13.1 Å². The van der Waals surface area contributed by atoms with Gasteiger partial charge in [0.2, 0.25) is 11.7 Å². The number of hydrogen-bond donors (Lipinski definition) is 1. The number of nitrogens with one attached hydrogen (secondary N) is 1. The van der Waals surface area contributed by atoms with Crippen LogP contribution in [-0.4, -0.2) is 27.4 Å². The third-order valence-corrected chi connectivity index (χ3v) is 5.13. The van der Waals surface area contributed by atoms with E-state index in [0.717, 1.165) is 37.4 Å². The molecule has 0 bridgehead atoms. The highest BCUT2D eigenvalue weighted by atomic mass is 19.3. The van der Waals surface area contributed by atoms with Gasteiger partial charge in [-0.25, -0.2) is 15.0 Å². The molecule has 1 amide bonds. The lowest BCUT2D eigenvalue weighted by atomic mass is 9.66. The Labute approximate surface area is 149 Å². The van der Waals surface area contributed by atoms with Crippen LogP contribution in [0.15, 0.2) is 24.5 Å². The number of anilines is 3. The van der Waals surface area contributed by atoms with Crippen LogP contribution < -0.4 is 10.2 Å². The summed E-state index contributed by atoms with van der Waals surface area (Å²) < 4.78 is 27.3. The van der Waals surface area contributed by atoms with Gasteiger partial charge in [-0.15, -0.1) is 0 Å². The molecule has 2 aliphatic rings. The van der Waals surface area contributed by atoms with Crippen molar-refractivity contribution in [1.82, 2.24) is 15.0 Å². The van der Waals surface area contributed by atoms with Gasteiger partial charge in [0.1, 0.15) is 11.6 Å². The lowest BCUT2D eigenvalue weighted by Gasteiger charge is -2.38. The van der Waals surface area contributed by atoms with Crippen LogP contribution in [-0.2, 0) is 16.1 Å². The Hall–Kier alpha value is -2.64. The third-order valence-electron chi connectivity index (χ3n) is 5.13. The molecule has 0 saturated heterocycles. The molecule has 1 aliphatic carbocycles. The molecule has 1 saturated carbocycles. The number of aromatic nitrogens is 3. The van der Waals surface area contributed by atoms with Crippen molar-refractivity contribution in [2.24, 2.45) is 0 Å². The summed E-state index contributed by atoms with van der Waals surface area (Å²) >= 11 is 0. The molecular formula is C18H19F2N5O. The molecule has 8 heteroatoms. The molecule has 0 aromatic carbocycles. The van der Waals surface area contributed by atoms with Crippen molar-refractivity contribution in [2.75, 3.05) is 16.8 Å². The fraction of sp³-hybridized carbons (Fsp3) is 0.444. The standard InChI is InChI=1S/C18H19F2N5O/c1-11(26)23-14-8-13-12(9-22-14)18(5-3-6-18)10-25(13)15-4-7-21-16(24-15)17(2,19)20/h4,7-9H,3,5-6,10H2,1-2H3,(H,22,23,26). The monoisotopic (exact) mass is 359 g/mol. The van der Waals surface area contributed by atoms with Crippen molar-refractivity contribution in [1.29, 1.82) is 0 Å². The van der Waals surface area contributed by atoms with E-state index < -0.39 is 11.7 Å². The first-order chi connectivity index (χ1) is 12.3. The van der Waals surface area contributed by atoms with Gasteiger partial charge in [-0.1, -0.05) is 6.42 Å². The quantitative estimate of drug-likeness (QED) is 0.908. The molecule has 1 spiro atoms.